The van der Waals surface area contributed by atoms with Gasteiger partial charge in [0.1, 0.15) is 0 Å². The van der Waals surface area contributed by atoms with Crippen LogP contribution >= 0.6 is 0 Å². The molecule has 0 bridgehead atoms. The molecule has 0 aliphatic rings. The van der Waals surface area contributed by atoms with Crippen molar-refractivity contribution < 1.29 is 9.59 Å². The Balaban J connectivity index is 1.76. The number of rotatable bonds is 5. The quantitative estimate of drug-likeness (QED) is 0.818. The molecule has 0 unspecified atom stereocenters. The van der Waals surface area contributed by atoms with E-state index in [2.05, 4.69) is 15.6 Å². The van der Waals surface area contributed by atoms with Crippen LogP contribution in [0, 0.1) is 6.92 Å². The largest absolute Gasteiger partial charge is 0.350 e. The second-order valence-electron chi connectivity index (χ2n) is 4.56. The van der Waals surface area contributed by atoms with Crippen LogP contribution in [0.15, 0.2) is 48.8 Å². The van der Waals surface area contributed by atoms with Crippen molar-refractivity contribution in [1.82, 2.24) is 15.6 Å². The van der Waals surface area contributed by atoms with E-state index in [0.29, 0.717) is 24.2 Å². The van der Waals surface area contributed by atoms with Crippen molar-refractivity contribution >= 4 is 11.8 Å². The molecule has 0 aliphatic carbocycles. The number of hydrogen-bond acceptors (Lipinski definition) is 3. The molecule has 2 aromatic rings. The van der Waals surface area contributed by atoms with Crippen molar-refractivity contribution in [2.24, 2.45) is 0 Å². The van der Waals surface area contributed by atoms with E-state index < -0.39 is 0 Å². The fourth-order valence-corrected chi connectivity index (χ4v) is 1.88. The van der Waals surface area contributed by atoms with Crippen molar-refractivity contribution in [2.45, 2.75) is 6.92 Å². The molecule has 5 nitrogen and oxygen atoms in total. The standard InChI is InChI=1S/C16H17N3O2/c1-12-4-2-3-5-14(12)16(21)19-11-10-18-15(20)13-6-8-17-9-7-13/h2-9H,10-11H2,1H3,(H,18,20)(H,19,21). The van der Waals surface area contributed by atoms with Gasteiger partial charge >= 0.3 is 0 Å². The Morgan fingerprint density at radius 2 is 1.57 bits per heavy atom. The third-order valence-corrected chi connectivity index (χ3v) is 3.03. The van der Waals surface area contributed by atoms with Crippen LogP contribution in [0.5, 0.6) is 0 Å². The lowest BCUT2D eigenvalue weighted by atomic mass is 10.1. The Bertz CT molecular complexity index is 626. The van der Waals surface area contributed by atoms with E-state index in [4.69, 9.17) is 0 Å². The molecule has 0 saturated heterocycles. The van der Waals surface area contributed by atoms with Gasteiger partial charge in [0.15, 0.2) is 0 Å². The van der Waals surface area contributed by atoms with E-state index in [-0.39, 0.29) is 11.8 Å². The molecule has 5 heteroatoms. The highest BCUT2D eigenvalue weighted by molar-refractivity contribution is 5.96. The van der Waals surface area contributed by atoms with Gasteiger partial charge in [-0.15, -0.1) is 0 Å². The summed E-state index contributed by atoms with van der Waals surface area (Å²) in [6, 6.07) is 10.7. The maximum Gasteiger partial charge on any atom is 0.251 e. The van der Waals surface area contributed by atoms with E-state index >= 15 is 0 Å². The topological polar surface area (TPSA) is 71.1 Å². The van der Waals surface area contributed by atoms with Gasteiger partial charge in [-0.3, -0.25) is 14.6 Å². The van der Waals surface area contributed by atoms with Gasteiger partial charge < -0.3 is 10.6 Å². The summed E-state index contributed by atoms with van der Waals surface area (Å²) in [6.07, 6.45) is 3.13. The zero-order chi connectivity index (χ0) is 15.1. The first-order valence-corrected chi connectivity index (χ1v) is 6.70. The Morgan fingerprint density at radius 1 is 0.952 bits per heavy atom. The van der Waals surface area contributed by atoms with Crippen molar-refractivity contribution in [3.05, 3.63) is 65.5 Å². The number of carbonyl (C=O) groups is 2. The highest BCUT2D eigenvalue weighted by atomic mass is 16.2. The molecule has 0 saturated carbocycles. The number of aryl methyl sites for hydroxylation is 1. The lowest BCUT2D eigenvalue weighted by molar-refractivity contribution is 0.0927. The first-order valence-electron chi connectivity index (χ1n) is 6.70. The Kier molecular flexibility index (Phi) is 5.04. The molecule has 0 atom stereocenters. The van der Waals surface area contributed by atoms with Gasteiger partial charge in [0.25, 0.3) is 11.8 Å². The van der Waals surface area contributed by atoms with Crippen LogP contribution in [0.4, 0.5) is 0 Å². The molecule has 0 spiro atoms. The zero-order valence-electron chi connectivity index (χ0n) is 11.8. The molecule has 108 valence electrons. The van der Waals surface area contributed by atoms with Crippen LogP contribution in [0.1, 0.15) is 26.3 Å². The fraction of sp³-hybridized carbons (Fsp3) is 0.188. The molecule has 0 fully saturated rings. The normalized spacial score (nSPS) is 9.95. The predicted octanol–water partition coefficient (Wildman–Crippen LogP) is 1.55. The second-order valence-corrected chi connectivity index (χ2v) is 4.56. The molecular weight excluding hydrogens is 266 g/mol. The monoisotopic (exact) mass is 283 g/mol. The maximum atomic E-state index is 11.9. The Morgan fingerprint density at radius 3 is 2.24 bits per heavy atom. The first kappa shape index (κ1) is 14.7. The zero-order valence-corrected chi connectivity index (χ0v) is 11.8. The SMILES string of the molecule is Cc1ccccc1C(=O)NCCNC(=O)c1ccncc1. The van der Waals surface area contributed by atoms with Crippen LogP contribution < -0.4 is 10.6 Å². The van der Waals surface area contributed by atoms with Crippen LogP contribution in [0.25, 0.3) is 0 Å². The smallest absolute Gasteiger partial charge is 0.251 e. The van der Waals surface area contributed by atoms with Gasteiger partial charge in [-0.2, -0.15) is 0 Å². The Labute approximate surface area is 123 Å². The molecule has 1 heterocycles. The molecule has 0 aliphatic heterocycles. The van der Waals surface area contributed by atoms with Gasteiger partial charge in [-0.25, -0.2) is 0 Å². The number of nitrogens with zero attached hydrogens (tertiary/aromatic N) is 1. The number of pyridine rings is 1. The van der Waals surface area contributed by atoms with Gasteiger partial charge in [0.2, 0.25) is 0 Å². The average molecular weight is 283 g/mol. The summed E-state index contributed by atoms with van der Waals surface area (Å²) in [6.45, 7) is 2.64. The number of nitrogens with one attached hydrogen (secondary N) is 2. The second kappa shape index (κ2) is 7.19. The number of benzene rings is 1. The average Bonchev–Trinajstić information content (AvgIpc) is 2.52. The van der Waals surface area contributed by atoms with E-state index in [1.165, 1.54) is 0 Å². The summed E-state index contributed by atoms with van der Waals surface area (Å²) in [5.41, 5.74) is 2.13. The van der Waals surface area contributed by atoms with Crippen LogP contribution in [-0.4, -0.2) is 29.9 Å². The molecule has 2 N–H and O–H groups in total. The molecule has 21 heavy (non-hydrogen) atoms. The van der Waals surface area contributed by atoms with Crippen LogP contribution in [-0.2, 0) is 0 Å². The first-order chi connectivity index (χ1) is 10.2. The van der Waals surface area contributed by atoms with Crippen molar-refractivity contribution in [3.8, 4) is 0 Å². The molecule has 1 aromatic heterocycles. The van der Waals surface area contributed by atoms with E-state index in [1.807, 2.05) is 25.1 Å². The van der Waals surface area contributed by atoms with Crippen molar-refractivity contribution in [2.75, 3.05) is 13.1 Å². The summed E-state index contributed by atoms with van der Waals surface area (Å²) >= 11 is 0. The minimum atomic E-state index is -0.178. The summed E-state index contributed by atoms with van der Waals surface area (Å²) in [5, 5.41) is 5.52. The van der Waals surface area contributed by atoms with Crippen LogP contribution in [0.3, 0.4) is 0 Å². The Hall–Kier alpha value is -2.69. The molecule has 1 aromatic carbocycles. The number of amides is 2. The highest BCUT2D eigenvalue weighted by Gasteiger charge is 2.08. The van der Waals surface area contributed by atoms with Crippen LogP contribution in [0.2, 0.25) is 0 Å². The maximum absolute atomic E-state index is 11.9. The molecule has 0 radical (unpaired) electrons. The number of hydrogen-bond donors (Lipinski definition) is 2. The van der Waals surface area contributed by atoms with E-state index in [0.717, 1.165) is 5.56 Å². The summed E-state index contributed by atoms with van der Waals surface area (Å²) in [7, 11) is 0. The molecule has 2 amide bonds. The number of carbonyl (C=O) groups excluding carboxylic acids is 2. The predicted molar refractivity (Wildman–Crippen MR) is 80.1 cm³/mol. The van der Waals surface area contributed by atoms with Crippen molar-refractivity contribution in [3.63, 3.8) is 0 Å². The summed E-state index contributed by atoms with van der Waals surface area (Å²) in [5.74, 6) is -0.311. The summed E-state index contributed by atoms with van der Waals surface area (Å²) < 4.78 is 0. The van der Waals surface area contributed by atoms with Gasteiger partial charge in [-0.05, 0) is 30.7 Å². The highest BCUT2D eigenvalue weighted by Crippen LogP contribution is 2.05. The lowest BCUT2D eigenvalue weighted by Gasteiger charge is -2.08. The minimum Gasteiger partial charge on any atom is -0.350 e. The number of aromatic nitrogens is 1. The summed E-state index contributed by atoms with van der Waals surface area (Å²) in [4.78, 5) is 27.6. The molecule has 2 rings (SSSR count). The third-order valence-electron chi connectivity index (χ3n) is 3.03. The molecular formula is C16H17N3O2. The van der Waals surface area contributed by atoms with Gasteiger partial charge in [0.05, 0.1) is 0 Å². The third kappa shape index (κ3) is 4.14. The van der Waals surface area contributed by atoms with Gasteiger partial charge in [-0.1, -0.05) is 18.2 Å². The minimum absolute atomic E-state index is 0.133. The van der Waals surface area contributed by atoms with Crippen molar-refractivity contribution in [1.29, 1.82) is 0 Å². The van der Waals surface area contributed by atoms with Gasteiger partial charge in [0, 0.05) is 36.6 Å². The van der Waals surface area contributed by atoms with E-state index in [1.54, 1.807) is 30.6 Å². The lowest BCUT2D eigenvalue weighted by Crippen LogP contribution is -2.34. The fourth-order valence-electron chi connectivity index (χ4n) is 1.88. The van der Waals surface area contributed by atoms with E-state index in [9.17, 15) is 9.59 Å².